The molecule has 3 N–H and O–H groups in total. The van der Waals surface area contributed by atoms with Crippen LogP contribution in [0.4, 0.5) is 0 Å². The Morgan fingerprint density at radius 2 is 2.06 bits per heavy atom. The molecule has 0 aliphatic rings. The van der Waals surface area contributed by atoms with Gasteiger partial charge in [-0.2, -0.15) is 0 Å². The summed E-state index contributed by atoms with van der Waals surface area (Å²) in [6, 6.07) is 10.3. The van der Waals surface area contributed by atoms with Gasteiger partial charge in [-0.15, -0.1) is 0 Å². The van der Waals surface area contributed by atoms with Crippen molar-refractivity contribution in [3.8, 4) is 0 Å². The van der Waals surface area contributed by atoms with E-state index in [-0.39, 0.29) is 11.9 Å². The highest BCUT2D eigenvalue weighted by molar-refractivity contribution is 5.77. The van der Waals surface area contributed by atoms with Gasteiger partial charge in [0.1, 0.15) is 0 Å². The van der Waals surface area contributed by atoms with E-state index in [0.29, 0.717) is 13.1 Å². The zero-order valence-corrected chi connectivity index (χ0v) is 10.5. The average Bonchev–Trinajstić information content (AvgIpc) is 2.36. The predicted molar refractivity (Wildman–Crippen MR) is 69.6 cm³/mol. The van der Waals surface area contributed by atoms with Gasteiger partial charge in [0, 0.05) is 13.1 Å². The largest absolute Gasteiger partial charge is 0.358 e. The number of hydrogen-bond donors (Lipinski definition) is 2. The highest BCUT2D eigenvalue weighted by Gasteiger charge is 2.17. The molecular formula is C13H21N3O. The van der Waals surface area contributed by atoms with Crippen molar-refractivity contribution in [1.29, 1.82) is 0 Å². The molecule has 0 saturated carbocycles. The van der Waals surface area contributed by atoms with Crippen LogP contribution in [0.1, 0.15) is 18.0 Å². The van der Waals surface area contributed by atoms with Crippen LogP contribution in [-0.4, -0.2) is 38.0 Å². The van der Waals surface area contributed by atoms with E-state index in [1.165, 1.54) is 5.56 Å². The summed E-state index contributed by atoms with van der Waals surface area (Å²) in [5, 5.41) is 2.63. The molecule has 4 nitrogen and oxygen atoms in total. The van der Waals surface area contributed by atoms with Crippen LogP contribution >= 0.6 is 0 Å². The molecule has 0 heterocycles. The van der Waals surface area contributed by atoms with E-state index < -0.39 is 0 Å². The lowest BCUT2D eigenvalue weighted by atomic mass is 10.0. The second-order valence-electron chi connectivity index (χ2n) is 4.09. The van der Waals surface area contributed by atoms with Crippen molar-refractivity contribution in [3.63, 3.8) is 0 Å². The van der Waals surface area contributed by atoms with Crippen molar-refractivity contribution in [2.24, 2.45) is 5.73 Å². The van der Waals surface area contributed by atoms with Gasteiger partial charge < -0.3 is 11.1 Å². The lowest BCUT2D eigenvalue weighted by Gasteiger charge is -2.27. The van der Waals surface area contributed by atoms with Crippen LogP contribution in [0.2, 0.25) is 0 Å². The van der Waals surface area contributed by atoms with E-state index in [9.17, 15) is 4.79 Å². The molecule has 4 heteroatoms. The van der Waals surface area contributed by atoms with Crippen molar-refractivity contribution in [2.75, 3.05) is 27.2 Å². The Bertz CT molecular complexity index is 340. The Balaban J connectivity index is 2.75. The van der Waals surface area contributed by atoms with Gasteiger partial charge in [-0.1, -0.05) is 30.3 Å². The maximum absolute atomic E-state index is 11.4. The van der Waals surface area contributed by atoms with Gasteiger partial charge in [-0.3, -0.25) is 9.69 Å². The fourth-order valence-electron chi connectivity index (χ4n) is 1.89. The van der Waals surface area contributed by atoms with Crippen LogP contribution < -0.4 is 11.1 Å². The maximum Gasteiger partial charge on any atom is 0.233 e. The van der Waals surface area contributed by atoms with Crippen molar-refractivity contribution < 1.29 is 4.79 Å². The van der Waals surface area contributed by atoms with Crippen molar-refractivity contribution in [3.05, 3.63) is 35.9 Å². The molecule has 0 aliphatic heterocycles. The Labute approximate surface area is 103 Å². The molecule has 0 saturated heterocycles. The molecular weight excluding hydrogens is 214 g/mol. The summed E-state index contributed by atoms with van der Waals surface area (Å²) in [6.45, 7) is 0.994. The van der Waals surface area contributed by atoms with E-state index in [0.717, 1.165) is 6.42 Å². The van der Waals surface area contributed by atoms with E-state index in [2.05, 4.69) is 17.4 Å². The van der Waals surface area contributed by atoms with Crippen LogP contribution in [0.25, 0.3) is 0 Å². The Morgan fingerprint density at radius 3 is 2.59 bits per heavy atom. The van der Waals surface area contributed by atoms with Crippen LogP contribution in [0, 0.1) is 0 Å². The summed E-state index contributed by atoms with van der Waals surface area (Å²) in [5.74, 6) is 0.0189. The smallest absolute Gasteiger partial charge is 0.233 e. The number of benzene rings is 1. The number of likely N-dealkylation sites (N-methyl/N-ethyl adjacent to an activating group) is 2. The summed E-state index contributed by atoms with van der Waals surface area (Å²) >= 11 is 0. The lowest BCUT2D eigenvalue weighted by molar-refractivity contribution is -0.122. The number of amides is 1. The first-order chi connectivity index (χ1) is 8.19. The fraction of sp³-hybridized carbons (Fsp3) is 0.462. The summed E-state index contributed by atoms with van der Waals surface area (Å²) in [4.78, 5) is 13.4. The highest BCUT2D eigenvalue weighted by atomic mass is 16.1. The molecule has 0 fully saturated rings. The molecule has 0 spiro atoms. The van der Waals surface area contributed by atoms with Gasteiger partial charge in [0.05, 0.1) is 6.54 Å². The minimum Gasteiger partial charge on any atom is -0.358 e. The average molecular weight is 235 g/mol. The Morgan fingerprint density at radius 1 is 1.41 bits per heavy atom. The first kappa shape index (κ1) is 13.7. The van der Waals surface area contributed by atoms with E-state index >= 15 is 0 Å². The number of nitrogens with one attached hydrogen (secondary N) is 1. The molecule has 1 amide bonds. The van der Waals surface area contributed by atoms with Crippen molar-refractivity contribution in [1.82, 2.24) is 10.2 Å². The predicted octanol–water partition coefficient (Wildman–Crippen LogP) is 0.754. The van der Waals surface area contributed by atoms with Gasteiger partial charge in [0.25, 0.3) is 0 Å². The zero-order valence-electron chi connectivity index (χ0n) is 10.5. The fourth-order valence-corrected chi connectivity index (χ4v) is 1.89. The van der Waals surface area contributed by atoms with E-state index in [4.69, 9.17) is 5.73 Å². The number of nitrogens with two attached hydrogens (primary N) is 1. The summed E-state index contributed by atoms with van der Waals surface area (Å²) < 4.78 is 0. The molecule has 94 valence electrons. The molecule has 0 radical (unpaired) electrons. The monoisotopic (exact) mass is 235 g/mol. The van der Waals surface area contributed by atoms with Crippen molar-refractivity contribution >= 4 is 5.91 Å². The lowest BCUT2D eigenvalue weighted by Crippen LogP contribution is -2.36. The normalized spacial score (nSPS) is 12.5. The van der Waals surface area contributed by atoms with Crippen molar-refractivity contribution in [2.45, 2.75) is 12.5 Å². The van der Waals surface area contributed by atoms with Crippen LogP contribution in [-0.2, 0) is 4.79 Å². The van der Waals surface area contributed by atoms with Crippen LogP contribution in [0.3, 0.4) is 0 Å². The van der Waals surface area contributed by atoms with Gasteiger partial charge in [0.15, 0.2) is 0 Å². The number of hydrogen-bond acceptors (Lipinski definition) is 3. The van der Waals surface area contributed by atoms with Gasteiger partial charge >= 0.3 is 0 Å². The third kappa shape index (κ3) is 4.17. The molecule has 1 atom stereocenters. The number of carbonyl (C=O) groups excluding carboxylic acids is 1. The molecule has 1 rings (SSSR count). The molecule has 0 bridgehead atoms. The summed E-state index contributed by atoms with van der Waals surface area (Å²) in [6.07, 6.45) is 0.845. The van der Waals surface area contributed by atoms with Crippen LogP contribution in [0.15, 0.2) is 30.3 Å². The molecule has 1 aromatic rings. The Hall–Kier alpha value is -1.39. The first-order valence-corrected chi connectivity index (χ1v) is 5.85. The first-order valence-electron chi connectivity index (χ1n) is 5.85. The van der Waals surface area contributed by atoms with Gasteiger partial charge in [0.2, 0.25) is 5.91 Å². The molecule has 1 aromatic carbocycles. The highest BCUT2D eigenvalue weighted by Crippen LogP contribution is 2.21. The minimum absolute atomic E-state index is 0.0189. The van der Waals surface area contributed by atoms with E-state index in [1.54, 1.807) is 7.05 Å². The molecule has 0 aliphatic carbocycles. The van der Waals surface area contributed by atoms with E-state index in [1.807, 2.05) is 30.1 Å². The number of rotatable bonds is 6. The number of nitrogens with zero attached hydrogens (tertiary/aromatic N) is 1. The number of carbonyl (C=O) groups is 1. The maximum atomic E-state index is 11.4. The third-order valence-electron chi connectivity index (χ3n) is 2.83. The van der Waals surface area contributed by atoms with Gasteiger partial charge in [-0.25, -0.2) is 0 Å². The summed E-state index contributed by atoms with van der Waals surface area (Å²) in [5.41, 5.74) is 6.84. The second kappa shape index (κ2) is 7.04. The molecule has 0 aromatic heterocycles. The standard InChI is InChI=1S/C13H21N3O/c1-15-13(17)10-16(2)12(8-9-14)11-6-4-3-5-7-11/h3-7,12H,8-10,14H2,1-2H3,(H,15,17). The van der Waals surface area contributed by atoms with Gasteiger partial charge in [-0.05, 0) is 25.6 Å². The topological polar surface area (TPSA) is 58.4 Å². The second-order valence-corrected chi connectivity index (χ2v) is 4.09. The quantitative estimate of drug-likeness (QED) is 0.765. The minimum atomic E-state index is 0.0189. The van der Waals surface area contributed by atoms with Crippen LogP contribution in [0.5, 0.6) is 0 Å². The summed E-state index contributed by atoms with van der Waals surface area (Å²) in [7, 11) is 3.60. The molecule has 1 unspecified atom stereocenters. The Kier molecular flexibility index (Phi) is 5.66. The zero-order chi connectivity index (χ0) is 12.7. The molecule has 17 heavy (non-hydrogen) atoms. The SMILES string of the molecule is CNC(=O)CN(C)C(CCN)c1ccccc1. The third-order valence-corrected chi connectivity index (χ3v) is 2.83.